The molecule has 1 rings (SSSR count). The number of ether oxygens (including phenoxy) is 1. The van der Waals surface area contributed by atoms with Crippen molar-refractivity contribution in [2.24, 2.45) is 11.8 Å². The first-order valence-electron chi connectivity index (χ1n) is 13.7. The van der Waals surface area contributed by atoms with E-state index in [1.165, 1.54) is 0 Å². The number of hydrogen-bond donors (Lipinski definition) is 0. The summed E-state index contributed by atoms with van der Waals surface area (Å²) in [6, 6.07) is 0. The molecular weight excluding hydrogens is 712 g/mol. The van der Waals surface area contributed by atoms with Gasteiger partial charge in [-0.2, -0.15) is 79.0 Å². The summed E-state index contributed by atoms with van der Waals surface area (Å²) < 4.78 is 274. The van der Waals surface area contributed by atoms with Crippen LogP contribution in [-0.2, 0) is 9.53 Å². The summed E-state index contributed by atoms with van der Waals surface area (Å²) >= 11 is 0. The van der Waals surface area contributed by atoms with E-state index in [0.717, 1.165) is 25.7 Å². The molecule has 0 amide bonds. The fraction of sp³-hybridized carbons (Fsp3) is 0.960. The lowest BCUT2D eigenvalue weighted by Gasteiger charge is -2.44. The summed E-state index contributed by atoms with van der Waals surface area (Å²) in [5, 5.41) is 0. The fourth-order valence-electron chi connectivity index (χ4n) is 4.71. The van der Waals surface area contributed by atoms with Crippen molar-refractivity contribution in [3.8, 4) is 0 Å². The predicted octanol–water partition coefficient (Wildman–Crippen LogP) is 10.7. The number of halogens is 20. The summed E-state index contributed by atoms with van der Waals surface area (Å²) in [6.45, 7) is -1.33. The second kappa shape index (κ2) is 14.1. The number of hydrogen-bond acceptors (Lipinski definition) is 2. The summed E-state index contributed by atoms with van der Waals surface area (Å²) in [6.07, 6.45) is -0.750. The monoisotopic (exact) mass is 740 g/mol. The molecule has 0 aliphatic heterocycles. The second-order valence-electron chi connectivity index (χ2n) is 11.2. The molecule has 1 aliphatic carbocycles. The average molecular weight is 740 g/mol. The highest BCUT2D eigenvalue weighted by Gasteiger charge is 2.96. The van der Waals surface area contributed by atoms with Crippen molar-refractivity contribution >= 4 is 5.97 Å². The van der Waals surface area contributed by atoms with Crippen molar-refractivity contribution in [2.75, 3.05) is 6.61 Å². The Morgan fingerprint density at radius 3 is 1.32 bits per heavy atom. The van der Waals surface area contributed by atoms with Crippen LogP contribution in [0.5, 0.6) is 0 Å². The van der Waals surface area contributed by atoms with E-state index in [2.05, 4.69) is 4.74 Å². The van der Waals surface area contributed by atoms with Gasteiger partial charge in [0.25, 0.3) is 0 Å². The van der Waals surface area contributed by atoms with Crippen molar-refractivity contribution < 1.29 is 97.3 Å². The topological polar surface area (TPSA) is 26.3 Å². The third-order valence-corrected chi connectivity index (χ3v) is 7.87. The standard InChI is InChI=1S/C25H28F20O2/c1-2-3-4-5-13-6-8-14(9-7-13)10-11-15(46)47-12-17(28,29)19(32,33)21(36,37)23(40,41)25(44,45)24(42,43)22(38,39)20(34,35)18(30,31)16(26)27/h13-14,16H,2-12H2,1H3. The molecule has 0 heterocycles. The SMILES string of the molecule is CCCCCC1CCC(CCC(=O)OCC(F)(F)C(F)(F)C(F)(F)C(F)(F)C(F)(F)C(F)(F)C(F)(F)C(F)(F)C(F)(F)C(F)F)CC1. The van der Waals surface area contributed by atoms with Crippen LogP contribution in [-0.4, -0.2) is 72.3 Å². The maximum Gasteiger partial charge on any atom is 0.385 e. The van der Waals surface area contributed by atoms with Gasteiger partial charge in [0.2, 0.25) is 0 Å². The van der Waals surface area contributed by atoms with Gasteiger partial charge in [-0.3, -0.25) is 4.79 Å². The van der Waals surface area contributed by atoms with Crippen molar-refractivity contribution in [3.05, 3.63) is 0 Å². The minimum atomic E-state index is -9.07. The van der Waals surface area contributed by atoms with E-state index in [0.29, 0.717) is 31.6 Å². The zero-order valence-corrected chi connectivity index (χ0v) is 23.9. The highest BCUT2D eigenvalue weighted by Crippen LogP contribution is 2.65. The van der Waals surface area contributed by atoms with E-state index in [1.54, 1.807) is 0 Å². The van der Waals surface area contributed by atoms with Crippen LogP contribution in [0.3, 0.4) is 0 Å². The maximum atomic E-state index is 14.0. The molecule has 0 aromatic rings. The molecule has 280 valence electrons. The minimum Gasteiger partial charge on any atom is -0.459 e. The maximum absolute atomic E-state index is 14.0. The third kappa shape index (κ3) is 7.49. The molecule has 1 fully saturated rings. The van der Waals surface area contributed by atoms with E-state index >= 15 is 0 Å². The van der Waals surface area contributed by atoms with E-state index in [-0.39, 0.29) is 12.3 Å². The molecule has 47 heavy (non-hydrogen) atoms. The first-order valence-corrected chi connectivity index (χ1v) is 13.7. The van der Waals surface area contributed by atoms with Crippen molar-refractivity contribution in [2.45, 2.75) is 131 Å². The second-order valence-corrected chi connectivity index (χ2v) is 11.2. The molecule has 1 aliphatic rings. The summed E-state index contributed by atoms with van der Waals surface area (Å²) in [7, 11) is 0. The van der Waals surface area contributed by atoms with Gasteiger partial charge >= 0.3 is 65.7 Å². The van der Waals surface area contributed by atoms with Crippen LogP contribution < -0.4 is 0 Å². The van der Waals surface area contributed by atoms with Gasteiger partial charge in [0.1, 0.15) is 0 Å². The molecule has 22 heteroatoms. The lowest BCUT2D eigenvalue weighted by Crippen LogP contribution is -2.76. The van der Waals surface area contributed by atoms with Crippen molar-refractivity contribution in [1.82, 2.24) is 0 Å². The van der Waals surface area contributed by atoms with Gasteiger partial charge in [-0.05, 0) is 18.3 Å². The molecule has 2 nitrogen and oxygen atoms in total. The highest BCUT2D eigenvalue weighted by atomic mass is 19.4. The van der Waals surface area contributed by atoms with E-state index < -0.39 is 78.7 Å². The zero-order chi connectivity index (χ0) is 37.3. The minimum absolute atomic E-state index is 0.124. The van der Waals surface area contributed by atoms with Crippen LogP contribution in [0, 0.1) is 11.8 Å². The lowest BCUT2D eigenvalue weighted by molar-refractivity contribution is -0.465. The largest absolute Gasteiger partial charge is 0.459 e. The molecule has 0 aromatic carbocycles. The molecule has 0 unspecified atom stereocenters. The van der Waals surface area contributed by atoms with E-state index in [4.69, 9.17) is 0 Å². The predicted molar refractivity (Wildman–Crippen MR) is 120 cm³/mol. The Morgan fingerprint density at radius 1 is 0.574 bits per heavy atom. The van der Waals surface area contributed by atoms with Crippen molar-refractivity contribution in [1.29, 1.82) is 0 Å². The number of rotatable bonds is 18. The van der Waals surface area contributed by atoms with E-state index in [1.807, 2.05) is 6.92 Å². The fourth-order valence-corrected chi connectivity index (χ4v) is 4.71. The molecule has 0 atom stereocenters. The molecule has 0 N–H and O–H groups in total. The van der Waals surface area contributed by atoms with Gasteiger partial charge in [0.15, 0.2) is 6.61 Å². The zero-order valence-electron chi connectivity index (χ0n) is 23.9. The van der Waals surface area contributed by atoms with E-state index in [9.17, 15) is 92.6 Å². The molecule has 0 radical (unpaired) electrons. The highest BCUT2D eigenvalue weighted by molar-refractivity contribution is 5.69. The number of carbonyl (C=O) groups is 1. The first-order chi connectivity index (χ1) is 20.8. The van der Waals surface area contributed by atoms with Gasteiger partial charge in [-0.15, -0.1) is 0 Å². The van der Waals surface area contributed by atoms with Crippen LogP contribution in [0.2, 0.25) is 0 Å². The number of alkyl halides is 20. The lowest BCUT2D eigenvalue weighted by atomic mass is 9.78. The average Bonchev–Trinajstić information content (AvgIpc) is 2.94. The van der Waals surface area contributed by atoms with Crippen LogP contribution in [0.15, 0.2) is 0 Å². The molecule has 0 aromatic heterocycles. The molecule has 1 saturated carbocycles. The number of unbranched alkanes of at least 4 members (excludes halogenated alkanes) is 2. The normalized spacial score (nSPS) is 20.1. The van der Waals surface area contributed by atoms with Crippen LogP contribution in [0.1, 0.15) is 71.1 Å². The van der Waals surface area contributed by atoms with Crippen LogP contribution in [0.4, 0.5) is 87.8 Å². The van der Waals surface area contributed by atoms with Gasteiger partial charge in [-0.1, -0.05) is 58.3 Å². The Hall–Kier alpha value is -1.93. The Bertz CT molecular complexity index is 1030. The molecule has 0 spiro atoms. The summed E-state index contributed by atoms with van der Waals surface area (Å²) in [4.78, 5) is 11.7. The Kier molecular flexibility index (Phi) is 13.0. The smallest absolute Gasteiger partial charge is 0.385 e. The molecule has 0 bridgehead atoms. The molecule has 0 saturated heterocycles. The Labute approximate surface area is 253 Å². The third-order valence-electron chi connectivity index (χ3n) is 7.87. The van der Waals surface area contributed by atoms with Gasteiger partial charge < -0.3 is 4.74 Å². The van der Waals surface area contributed by atoms with Gasteiger partial charge in [0.05, 0.1) is 0 Å². The summed E-state index contributed by atoms with van der Waals surface area (Å²) in [5.74, 6) is -77.4. The Morgan fingerprint density at radius 2 is 0.936 bits per heavy atom. The molecular formula is C25H28F20O2. The van der Waals surface area contributed by atoms with Crippen LogP contribution in [0.25, 0.3) is 0 Å². The van der Waals surface area contributed by atoms with Gasteiger partial charge in [0, 0.05) is 6.42 Å². The Balaban J connectivity index is 3.13. The quantitative estimate of drug-likeness (QED) is 0.0795. The van der Waals surface area contributed by atoms with Crippen LogP contribution >= 0.6 is 0 Å². The first kappa shape index (κ1) is 43.1. The number of carbonyl (C=O) groups excluding carboxylic acids is 1. The summed E-state index contributed by atoms with van der Waals surface area (Å²) in [5.41, 5.74) is 0. The number of esters is 1. The van der Waals surface area contributed by atoms with Gasteiger partial charge in [-0.25, -0.2) is 8.78 Å². The van der Waals surface area contributed by atoms with Crippen molar-refractivity contribution in [3.63, 3.8) is 0 Å².